The molecule has 1 amide bonds. The van der Waals surface area contributed by atoms with Gasteiger partial charge in [-0.2, -0.15) is 5.10 Å². The molecule has 0 saturated heterocycles. The molecule has 0 N–H and O–H groups in total. The first-order valence-electron chi connectivity index (χ1n) is 9.22. The molecule has 0 saturated carbocycles. The van der Waals surface area contributed by atoms with Crippen molar-refractivity contribution in [1.29, 1.82) is 0 Å². The number of carbonyl (C=O) groups is 1. The van der Waals surface area contributed by atoms with Gasteiger partial charge in [0.25, 0.3) is 11.6 Å². The molecule has 0 radical (unpaired) electrons. The Balaban J connectivity index is 1.83. The number of amides is 1. The topological polar surface area (TPSA) is 98.3 Å². The molecule has 29 heavy (non-hydrogen) atoms. The van der Waals surface area contributed by atoms with Crippen LogP contribution in [0.25, 0.3) is 5.69 Å². The predicted molar refractivity (Wildman–Crippen MR) is 108 cm³/mol. The summed E-state index contributed by atoms with van der Waals surface area (Å²) in [6.45, 7) is 2.10. The number of fused-ring (bicyclic) bond motifs is 1. The second-order valence-electron chi connectivity index (χ2n) is 6.85. The first kappa shape index (κ1) is 18.5. The Morgan fingerprint density at radius 3 is 2.55 bits per heavy atom. The van der Waals surface area contributed by atoms with Crippen LogP contribution in [0.3, 0.4) is 0 Å². The molecular weight excluding hydrogens is 372 g/mol. The fraction of sp³-hybridized carbons (Fsp3) is 0.190. The summed E-state index contributed by atoms with van der Waals surface area (Å²) in [5.74, 6) is -0.505. The number of rotatable bonds is 3. The van der Waals surface area contributed by atoms with Crippen LogP contribution in [0.4, 0.5) is 11.4 Å². The third-order valence-electron chi connectivity index (χ3n) is 4.97. The molecular formula is C21H18N4O4. The third-order valence-corrected chi connectivity index (χ3v) is 4.97. The molecule has 4 rings (SSSR count). The predicted octanol–water partition coefficient (Wildman–Crippen LogP) is 3.04. The second kappa shape index (κ2) is 7.31. The van der Waals surface area contributed by atoms with E-state index in [0.717, 1.165) is 24.1 Å². The zero-order valence-corrected chi connectivity index (χ0v) is 15.7. The van der Waals surface area contributed by atoms with E-state index in [1.54, 1.807) is 24.0 Å². The molecule has 0 bridgehead atoms. The summed E-state index contributed by atoms with van der Waals surface area (Å²) in [4.78, 5) is 38.2. The average molecular weight is 390 g/mol. The lowest BCUT2D eigenvalue weighted by Crippen LogP contribution is -2.39. The van der Waals surface area contributed by atoms with Crippen LogP contribution in [0.15, 0.2) is 59.4 Å². The Labute approximate surface area is 166 Å². The summed E-state index contributed by atoms with van der Waals surface area (Å²) in [6.07, 6.45) is 1.65. The number of hydrogen-bond acceptors (Lipinski definition) is 5. The standard InChI is InChI=1S/C21H18N4O4/c1-14-13-19(26)20(22-24(14)17-10-4-5-11-18(17)25(28)29)21(27)23-12-6-8-15-7-2-3-9-16(15)23/h2-5,7,9-11,13H,6,8,12H2,1H3. The van der Waals surface area contributed by atoms with E-state index in [0.29, 0.717) is 12.2 Å². The van der Waals surface area contributed by atoms with Gasteiger partial charge >= 0.3 is 0 Å². The number of carbonyl (C=O) groups excluding carboxylic acids is 1. The first-order valence-corrected chi connectivity index (χ1v) is 9.22. The number of anilines is 1. The van der Waals surface area contributed by atoms with Crippen molar-refractivity contribution in [2.45, 2.75) is 19.8 Å². The van der Waals surface area contributed by atoms with Gasteiger partial charge in [0.15, 0.2) is 5.69 Å². The lowest BCUT2D eigenvalue weighted by atomic mass is 10.0. The van der Waals surface area contributed by atoms with Gasteiger partial charge in [0.1, 0.15) is 5.69 Å². The van der Waals surface area contributed by atoms with Gasteiger partial charge in [0.2, 0.25) is 5.43 Å². The summed E-state index contributed by atoms with van der Waals surface area (Å²) in [7, 11) is 0. The summed E-state index contributed by atoms with van der Waals surface area (Å²) < 4.78 is 1.28. The molecule has 2 aromatic carbocycles. The van der Waals surface area contributed by atoms with Crippen molar-refractivity contribution < 1.29 is 9.72 Å². The highest BCUT2D eigenvalue weighted by atomic mass is 16.6. The van der Waals surface area contributed by atoms with Crippen LogP contribution in [0.1, 0.15) is 28.2 Å². The normalized spacial score (nSPS) is 13.1. The minimum Gasteiger partial charge on any atom is -0.307 e. The Bertz CT molecular complexity index is 1190. The van der Waals surface area contributed by atoms with Gasteiger partial charge in [-0.15, -0.1) is 0 Å². The molecule has 3 aromatic rings. The summed E-state index contributed by atoms with van der Waals surface area (Å²) in [5.41, 5.74) is 1.48. The fourth-order valence-electron chi connectivity index (χ4n) is 3.61. The molecule has 0 fully saturated rings. The number of para-hydroxylation sites is 3. The smallest absolute Gasteiger partial charge is 0.294 e. The molecule has 0 unspecified atom stereocenters. The van der Waals surface area contributed by atoms with Gasteiger partial charge in [-0.1, -0.05) is 30.3 Å². The number of nitrogens with zero attached hydrogens (tertiary/aromatic N) is 4. The second-order valence-corrected chi connectivity index (χ2v) is 6.85. The summed E-state index contributed by atoms with van der Waals surface area (Å²) in [5, 5.41) is 15.6. The van der Waals surface area contributed by atoms with Crippen molar-refractivity contribution in [2.75, 3.05) is 11.4 Å². The maximum absolute atomic E-state index is 13.2. The van der Waals surface area contributed by atoms with Crippen molar-refractivity contribution >= 4 is 17.3 Å². The monoisotopic (exact) mass is 390 g/mol. The van der Waals surface area contributed by atoms with E-state index in [4.69, 9.17) is 0 Å². The van der Waals surface area contributed by atoms with Gasteiger partial charge in [0.05, 0.1) is 4.92 Å². The highest BCUT2D eigenvalue weighted by Crippen LogP contribution is 2.28. The van der Waals surface area contributed by atoms with E-state index in [1.165, 1.54) is 22.9 Å². The lowest BCUT2D eigenvalue weighted by Gasteiger charge is -2.29. The quantitative estimate of drug-likeness (QED) is 0.506. The Morgan fingerprint density at radius 2 is 1.79 bits per heavy atom. The Hall–Kier alpha value is -3.81. The molecule has 2 heterocycles. The van der Waals surface area contributed by atoms with Crippen molar-refractivity contribution in [3.05, 3.63) is 91.9 Å². The van der Waals surface area contributed by atoms with E-state index in [1.807, 2.05) is 24.3 Å². The van der Waals surface area contributed by atoms with Crippen LogP contribution in [-0.4, -0.2) is 27.2 Å². The Kier molecular flexibility index (Phi) is 4.67. The third kappa shape index (κ3) is 3.29. The van der Waals surface area contributed by atoms with Crippen LogP contribution < -0.4 is 10.3 Å². The highest BCUT2D eigenvalue weighted by molar-refractivity contribution is 6.05. The number of nitro groups is 1. The summed E-state index contributed by atoms with van der Waals surface area (Å²) in [6, 6.07) is 14.9. The highest BCUT2D eigenvalue weighted by Gasteiger charge is 2.27. The number of nitro benzene ring substituents is 1. The zero-order chi connectivity index (χ0) is 20.5. The molecule has 8 heteroatoms. The summed E-state index contributed by atoms with van der Waals surface area (Å²) >= 11 is 0. The van der Waals surface area contributed by atoms with Crippen molar-refractivity contribution in [1.82, 2.24) is 9.78 Å². The number of benzene rings is 2. The largest absolute Gasteiger partial charge is 0.307 e. The van der Waals surface area contributed by atoms with Gasteiger partial charge in [0, 0.05) is 30.1 Å². The van der Waals surface area contributed by atoms with Crippen LogP contribution in [0.2, 0.25) is 0 Å². The van der Waals surface area contributed by atoms with Crippen LogP contribution >= 0.6 is 0 Å². The zero-order valence-electron chi connectivity index (χ0n) is 15.7. The Morgan fingerprint density at radius 1 is 1.10 bits per heavy atom. The van der Waals surface area contributed by atoms with Gasteiger partial charge in [-0.3, -0.25) is 19.7 Å². The minimum atomic E-state index is -0.517. The van der Waals surface area contributed by atoms with Gasteiger partial charge in [-0.05, 0) is 37.5 Å². The molecule has 1 aromatic heterocycles. The average Bonchev–Trinajstić information content (AvgIpc) is 2.73. The number of hydrogen-bond donors (Lipinski definition) is 0. The van der Waals surface area contributed by atoms with Crippen LogP contribution in [0.5, 0.6) is 0 Å². The lowest BCUT2D eigenvalue weighted by molar-refractivity contribution is -0.384. The van der Waals surface area contributed by atoms with E-state index in [9.17, 15) is 19.7 Å². The maximum Gasteiger partial charge on any atom is 0.294 e. The maximum atomic E-state index is 13.2. The van der Waals surface area contributed by atoms with E-state index in [-0.39, 0.29) is 17.1 Å². The molecule has 8 nitrogen and oxygen atoms in total. The molecule has 0 spiro atoms. The first-order chi connectivity index (χ1) is 14.0. The van der Waals surface area contributed by atoms with Crippen molar-refractivity contribution in [2.24, 2.45) is 0 Å². The molecule has 0 atom stereocenters. The number of aromatic nitrogens is 2. The van der Waals surface area contributed by atoms with E-state index in [2.05, 4.69) is 5.10 Å². The number of aryl methyl sites for hydroxylation is 2. The van der Waals surface area contributed by atoms with Gasteiger partial charge in [-0.25, -0.2) is 4.68 Å². The molecule has 1 aliphatic rings. The fourth-order valence-corrected chi connectivity index (χ4v) is 3.61. The van der Waals surface area contributed by atoms with Crippen LogP contribution in [0, 0.1) is 17.0 Å². The molecule has 1 aliphatic heterocycles. The van der Waals surface area contributed by atoms with Crippen molar-refractivity contribution in [3.8, 4) is 5.69 Å². The van der Waals surface area contributed by atoms with Crippen molar-refractivity contribution in [3.63, 3.8) is 0 Å². The van der Waals surface area contributed by atoms with Gasteiger partial charge < -0.3 is 4.90 Å². The molecule has 0 aliphatic carbocycles. The molecule has 146 valence electrons. The SMILES string of the molecule is Cc1cc(=O)c(C(=O)N2CCCc3ccccc32)nn1-c1ccccc1[N+](=O)[O-]. The van der Waals surface area contributed by atoms with Crippen LogP contribution in [-0.2, 0) is 6.42 Å². The minimum absolute atomic E-state index is 0.159. The van der Waals surface area contributed by atoms with E-state index < -0.39 is 16.3 Å². The van der Waals surface area contributed by atoms with E-state index >= 15 is 0 Å².